The lowest BCUT2D eigenvalue weighted by atomic mass is 10.1. The lowest BCUT2D eigenvalue weighted by Gasteiger charge is -2.31. The molecule has 3 heteroatoms. The van der Waals surface area contributed by atoms with E-state index >= 15 is 0 Å². The van der Waals surface area contributed by atoms with E-state index in [-0.39, 0.29) is 12.0 Å². The van der Waals surface area contributed by atoms with Crippen LogP contribution < -0.4 is 4.90 Å². The fourth-order valence-corrected chi connectivity index (χ4v) is 2.80. The number of hydrogen-bond donors (Lipinski definition) is 0. The number of benzene rings is 1. The van der Waals surface area contributed by atoms with Crippen molar-refractivity contribution in [2.75, 3.05) is 18.1 Å². The van der Waals surface area contributed by atoms with Crippen LogP contribution in [0.4, 0.5) is 5.69 Å². The Morgan fingerprint density at radius 1 is 1.32 bits per heavy atom. The molecule has 0 radical (unpaired) electrons. The molecule has 0 bridgehead atoms. The third-order valence-corrected chi connectivity index (χ3v) is 3.72. The Kier molecular flexibility index (Phi) is 4.83. The summed E-state index contributed by atoms with van der Waals surface area (Å²) in [4.78, 5) is 14.4. The van der Waals surface area contributed by atoms with E-state index in [1.807, 2.05) is 6.92 Å². The van der Waals surface area contributed by atoms with Crippen molar-refractivity contribution in [3.05, 3.63) is 29.8 Å². The average molecular weight is 261 g/mol. The molecule has 1 aromatic carbocycles. The molecule has 3 nitrogen and oxygen atoms in total. The van der Waals surface area contributed by atoms with Gasteiger partial charge in [-0.3, -0.25) is 0 Å². The van der Waals surface area contributed by atoms with Gasteiger partial charge in [0, 0.05) is 12.2 Å². The molecule has 0 amide bonds. The highest BCUT2D eigenvalue weighted by atomic mass is 16.5. The summed E-state index contributed by atoms with van der Waals surface area (Å²) in [5.74, 6) is -0.0956. The number of carbonyl (C=O) groups excluding carboxylic acids is 1. The minimum atomic E-state index is -0.154. The average Bonchev–Trinajstić information content (AvgIpc) is 2.63. The quantitative estimate of drug-likeness (QED) is 0.780. The molecule has 0 aliphatic carbocycles. The van der Waals surface area contributed by atoms with Crippen LogP contribution in [0.5, 0.6) is 0 Å². The second-order valence-electron chi connectivity index (χ2n) is 4.96. The number of anilines is 1. The second-order valence-corrected chi connectivity index (χ2v) is 4.96. The van der Waals surface area contributed by atoms with Crippen molar-refractivity contribution in [3.63, 3.8) is 0 Å². The molecular formula is C16H23NO2. The molecule has 1 atom stereocenters. The standard InChI is InChI=1S/C16H23NO2/c1-3-14(16(18)19-4-2)17-12-8-7-10-13-9-5-6-11-15(13)17/h5-6,9,11,14H,3-4,7-8,10,12H2,1-2H3. The Morgan fingerprint density at radius 2 is 2.11 bits per heavy atom. The van der Waals surface area contributed by atoms with Crippen LogP contribution in [0, 0.1) is 0 Å². The Labute approximate surface area is 115 Å². The zero-order chi connectivity index (χ0) is 13.7. The van der Waals surface area contributed by atoms with Gasteiger partial charge in [0.25, 0.3) is 0 Å². The van der Waals surface area contributed by atoms with Gasteiger partial charge in [0.15, 0.2) is 0 Å². The number of hydrogen-bond acceptors (Lipinski definition) is 3. The molecule has 104 valence electrons. The van der Waals surface area contributed by atoms with Crippen LogP contribution in [0.1, 0.15) is 38.7 Å². The first kappa shape index (κ1) is 13.9. The normalized spacial score (nSPS) is 16.4. The van der Waals surface area contributed by atoms with Crippen molar-refractivity contribution in [2.24, 2.45) is 0 Å². The smallest absolute Gasteiger partial charge is 0.328 e. The first-order valence-electron chi connectivity index (χ1n) is 7.29. The predicted molar refractivity (Wildman–Crippen MR) is 77.4 cm³/mol. The monoisotopic (exact) mass is 261 g/mol. The maximum Gasteiger partial charge on any atom is 0.328 e. The van der Waals surface area contributed by atoms with E-state index in [0.717, 1.165) is 25.8 Å². The van der Waals surface area contributed by atoms with Crippen molar-refractivity contribution >= 4 is 11.7 Å². The number of ether oxygens (including phenoxy) is 1. The van der Waals surface area contributed by atoms with Gasteiger partial charge in [-0.05, 0) is 44.2 Å². The molecule has 0 aromatic heterocycles. The molecule has 2 rings (SSSR count). The summed E-state index contributed by atoms with van der Waals surface area (Å²) < 4.78 is 5.22. The molecule has 1 heterocycles. The first-order valence-corrected chi connectivity index (χ1v) is 7.29. The van der Waals surface area contributed by atoms with Crippen LogP contribution in [0.3, 0.4) is 0 Å². The summed E-state index contributed by atoms with van der Waals surface area (Å²) in [6.07, 6.45) is 4.20. The Morgan fingerprint density at radius 3 is 2.84 bits per heavy atom. The van der Waals surface area contributed by atoms with Crippen molar-refractivity contribution in [1.82, 2.24) is 0 Å². The van der Waals surface area contributed by atoms with Crippen molar-refractivity contribution in [1.29, 1.82) is 0 Å². The summed E-state index contributed by atoms with van der Waals surface area (Å²) in [5, 5.41) is 0. The zero-order valence-corrected chi connectivity index (χ0v) is 11.9. The first-order chi connectivity index (χ1) is 9.27. The Bertz CT molecular complexity index is 431. The van der Waals surface area contributed by atoms with Gasteiger partial charge in [-0.2, -0.15) is 0 Å². The van der Waals surface area contributed by atoms with Crippen molar-refractivity contribution in [2.45, 2.75) is 45.6 Å². The van der Waals surface area contributed by atoms with E-state index in [9.17, 15) is 4.79 Å². The van der Waals surface area contributed by atoms with Gasteiger partial charge in [0.05, 0.1) is 6.61 Å². The van der Waals surface area contributed by atoms with Gasteiger partial charge in [-0.15, -0.1) is 0 Å². The molecule has 1 aliphatic rings. The molecule has 1 unspecified atom stereocenters. The second kappa shape index (κ2) is 6.60. The van der Waals surface area contributed by atoms with Gasteiger partial charge < -0.3 is 9.64 Å². The van der Waals surface area contributed by atoms with E-state index in [2.05, 4.69) is 36.1 Å². The Hall–Kier alpha value is -1.51. The molecule has 0 fully saturated rings. The van der Waals surface area contributed by atoms with E-state index in [1.54, 1.807) is 0 Å². The van der Waals surface area contributed by atoms with Crippen molar-refractivity contribution in [3.8, 4) is 0 Å². The van der Waals surface area contributed by atoms with Gasteiger partial charge in [-0.1, -0.05) is 25.1 Å². The fraction of sp³-hybridized carbons (Fsp3) is 0.562. The van der Waals surface area contributed by atoms with Gasteiger partial charge in [0.2, 0.25) is 0 Å². The minimum Gasteiger partial charge on any atom is -0.464 e. The lowest BCUT2D eigenvalue weighted by molar-refractivity contribution is -0.144. The maximum atomic E-state index is 12.1. The van der Waals surface area contributed by atoms with Crippen LogP contribution in [0.15, 0.2) is 24.3 Å². The summed E-state index contributed by atoms with van der Waals surface area (Å²) in [5.41, 5.74) is 2.56. The highest BCUT2D eigenvalue weighted by molar-refractivity contribution is 5.80. The fourth-order valence-electron chi connectivity index (χ4n) is 2.80. The van der Waals surface area contributed by atoms with E-state index in [4.69, 9.17) is 4.74 Å². The van der Waals surface area contributed by atoms with E-state index in [1.165, 1.54) is 17.7 Å². The number of carbonyl (C=O) groups is 1. The number of fused-ring (bicyclic) bond motifs is 1. The third kappa shape index (κ3) is 3.09. The number of para-hydroxylation sites is 1. The van der Waals surface area contributed by atoms with Gasteiger partial charge in [-0.25, -0.2) is 4.79 Å². The minimum absolute atomic E-state index is 0.0956. The molecule has 0 saturated heterocycles. The van der Waals surface area contributed by atoms with E-state index < -0.39 is 0 Å². The van der Waals surface area contributed by atoms with E-state index in [0.29, 0.717) is 6.61 Å². The summed E-state index contributed by atoms with van der Waals surface area (Å²) in [6, 6.07) is 8.27. The van der Waals surface area contributed by atoms with Crippen LogP contribution in [-0.4, -0.2) is 25.2 Å². The van der Waals surface area contributed by atoms with Crippen LogP contribution in [0.25, 0.3) is 0 Å². The predicted octanol–water partition coefficient (Wildman–Crippen LogP) is 3.17. The van der Waals surface area contributed by atoms with Crippen LogP contribution in [0.2, 0.25) is 0 Å². The van der Waals surface area contributed by atoms with Crippen LogP contribution in [-0.2, 0) is 16.0 Å². The van der Waals surface area contributed by atoms with Gasteiger partial charge >= 0.3 is 5.97 Å². The Balaban J connectivity index is 2.29. The SMILES string of the molecule is CCOC(=O)C(CC)N1CCCCc2ccccc21. The summed E-state index contributed by atoms with van der Waals surface area (Å²) >= 11 is 0. The number of aryl methyl sites for hydroxylation is 1. The van der Waals surface area contributed by atoms with Gasteiger partial charge in [0.1, 0.15) is 6.04 Å². The molecule has 0 saturated carbocycles. The number of nitrogens with zero attached hydrogens (tertiary/aromatic N) is 1. The number of esters is 1. The molecule has 1 aliphatic heterocycles. The topological polar surface area (TPSA) is 29.5 Å². The van der Waals surface area contributed by atoms with Crippen LogP contribution >= 0.6 is 0 Å². The highest BCUT2D eigenvalue weighted by Gasteiger charge is 2.28. The molecule has 1 aromatic rings. The largest absolute Gasteiger partial charge is 0.464 e. The zero-order valence-electron chi connectivity index (χ0n) is 11.9. The molecule has 0 spiro atoms. The molecular weight excluding hydrogens is 238 g/mol. The lowest BCUT2D eigenvalue weighted by Crippen LogP contribution is -2.42. The summed E-state index contributed by atoms with van der Waals surface area (Å²) in [7, 11) is 0. The molecule has 0 N–H and O–H groups in total. The third-order valence-electron chi connectivity index (χ3n) is 3.72. The molecule has 19 heavy (non-hydrogen) atoms. The summed E-state index contributed by atoms with van der Waals surface area (Å²) in [6.45, 7) is 5.30. The highest BCUT2D eigenvalue weighted by Crippen LogP contribution is 2.28. The number of rotatable bonds is 4. The maximum absolute atomic E-state index is 12.1. The van der Waals surface area contributed by atoms with Crippen molar-refractivity contribution < 1.29 is 9.53 Å².